The molecule has 0 radical (unpaired) electrons. The number of nitrogens with zero attached hydrogens (tertiary/aromatic N) is 2. The number of benzene rings is 2. The first-order valence-electron chi connectivity index (χ1n) is 7.67. The van der Waals surface area contributed by atoms with E-state index >= 15 is 0 Å². The van der Waals surface area contributed by atoms with Crippen molar-refractivity contribution in [3.05, 3.63) is 53.6 Å². The van der Waals surface area contributed by atoms with E-state index in [1.165, 1.54) is 11.8 Å². The monoisotopic (exact) mass is 354 g/mol. The number of carbonyl (C=O) groups is 2. The molecular formula is C18H18N4O2S. The number of amides is 1. The van der Waals surface area contributed by atoms with Gasteiger partial charge in [0.1, 0.15) is 5.52 Å². The zero-order valence-corrected chi connectivity index (χ0v) is 14.8. The van der Waals surface area contributed by atoms with E-state index in [0.29, 0.717) is 21.8 Å². The molecule has 0 saturated carbocycles. The number of thioether (sulfide) groups is 1. The Kier molecular flexibility index (Phi) is 4.76. The molecule has 0 spiro atoms. The second kappa shape index (κ2) is 6.98. The highest BCUT2D eigenvalue weighted by atomic mass is 32.2. The van der Waals surface area contributed by atoms with Crippen LogP contribution in [0.3, 0.4) is 0 Å². The molecule has 0 saturated heterocycles. The van der Waals surface area contributed by atoms with Gasteiger partial charge in [-0.25, -0.2) is 4.98 Å². The van der Waals surface area contributed by atoms with Crippen molar-refractivity contribution in [1.82, 2.24) is 9.97 Å². The molecule has 128 valence electrons. The van der Waals surface area contributed by atoms with E-state index in [4.69, 9.17) is 5.73 Å². The summed E-state index contributed by atoms with van der Waals surface area (Å²) in [4.78, 5) is 33.3. The third-order valence-corrected chi connectivity index (χ3v) is 4.68. The lowest BCUT2D eigenvalue weighted by molar-refractivity contribution is 0.0998. The summed E-state index contributed by atoms with van der Waals surface area (Å²) in [6.07, 6.45) is 0. The van der Waals surface area contributed by atoms with E-state index in [1.54, 1.807) is 12.1 Å². The Balaban J connectivity index is 1.73. The maximum absolute atomic E-state index is 12.3. The Labute approximate surface area is 149 Å². The molecule has 0 aliphatic carbocycles. The largest absolute Gasteiger partial charge is 0.378 e. The van der Waals surface area contributed by atoms with Gasteiger partial charge in [0.15, 0.2) is 10.9 Å². The van der Waals surface area contributed by atoms with E-state index in [-0.39, 0.29) is 11.5 Å². The van der Waals surface area contributed by atoms with Crippen molar-refractivity contribution in [2.24, 2.45) is 5.73 Å². The van der Waals surface area contributed by atoms with Crippen molar-refractivity contribution in [2.75, 3.05) is 24.7 Å². The highest BCUT2D eigenvalue weighted by Crippen LogP contribution is 2.23. The number of nitrogens with one attached hydrogen (secondary N) is 1. The Hall–Kier alpha value is -2.80. The molecule has 0 aliphatic heterocycles. The summed E-state index contributed by atoms with van der Waals surface area (Å²) in [5.41, 5.74) is 8.68. The molecule has 3 rings (SSSR count). The van der Waals surface area contributed by atoms with Crippen LogP contribution in [0.5, 0.6) is 0 Å². The lowest BCUT2D eigenvalue weighted by Gasteiger charge is -2.12. The van der Waals surface area contributed by atoms with Crippen molar-refractivity contribution in [3.8, 4) is 0 Å². The van der Waals surface area contributed by atoms with Gasteiger partial charge < -0.3 is 15.6 Å². The van der Waals surface area contributed by atoms with Crippen LogP contribution in [-0.4, -0.2) is 41.5 Å². The van der Waals surface area contributed by atoms with Crippen LogP contribution in [0.2, 0.25) is 0 Å². The van der Waals surface area contributed by atoms with Crippen molar-refractivity contribution >= 4 is 40.2 Å². The first-order valence-corrected chi connectivity index (χ1v) is 8.66. The van der Waals surface area contributed by atoms with Crippen molar-refractivity contribution in [2.45, 2.75) is 5.16 Å². The number of ketones is 1. The standard InChI is InChI=1S/C18H18N4O2S/c1-22(2)12-8-6-11(7-9-12)15(23)10-25-18-20-14-5-3-4-13(17(19)24)16(14)21-18/h3-9H,10H2,1-2H3,(H2,19,24)(H,20,21). The van der Waals surface area contributed by atoms with Crippen molar-refractivity contribution in [1.29, 1.82) is 0 Å². The smallest absolute Gasteiger partial charge is 0.250 e. The SMILES string of the molecule is CN(C)c1ccc(C(=O)CSc2nc3c(C(N)=O)cccc3[nH]2)cc1. The fourth-order valence-electron chi connectivity index (χ4n) is 2.44. The van der Waals surface area contributed by atoms with Crippen molar-refractivity contribution in [3.63, 3.8) is 0 Å². The number of aromatic nitrogens is 2. The third kappa shape index (κ3) is 3.66. The van der Waals surface area contributed by atoms with E-state index in [2.05, 4.69) is 9.97 Å². The number of fused-ring (bicyclic) bond motifs is 1. The van der Waals surface area contributed by atoms with Crippen LogP contribution in [0.15, 0.2) is 47.6 Å². The number of Topliss-reactive ketones (excluding diaryl/α,β-unsaturated/α-hetero) is 1. The molecule has 1 amide bonds. The Morgan fingerprint density at radius 1 is 1.16 bits per heavy atom. The average Bonchev–Trinajstić information content (AvgIpc) is 3.02. The fourth-order valence-corrected chi connectivity index (χ4v) is 3.21. The Morgan fingerprint density at radius 3 is 2.52 bits per heavy atom. The topological polar surface area (TPSA) is 92.1 Å². The van der Waals surface area contributed by atoms with E-state index in [0.717, 1.165) is 11.2 Å². The summed E-state index contributed by atoms with van der Waals surface area (Å²) in [6.45, 7) is 0. The Bertz CT molecular complexity index is 932. The van der Waals surface area contributed by atoms with Gasteiger partial charge in [-0.05, 0) is 36.4 Å². The minimum Gasteiger partial charge on any atom is -0.378 e. The summed E-state index contributed by atoms with van der Waals surface area (Å²) >= 11 is 1.30. The zero-order chi connectivity index (χ0) is 18.0. The number of rotatable bonds is 6. The van der Waals surface area contributed by atoms with Gasteiger partial charge in [-0.3, -0.25) is 9.59 Å². The fraction of sp³-hybridized carbons (Fsp3) is 0.167. The van der Waals surface area contributed by atoms with E-state index in [1.807, 2.05) is 49.3 Å². The average molecular weight is 354 g/mol. The molecule has 0 fully saturated rings. The van der Waals surface area contributed by atoms with Crippen LogP contribution < -0.4 is 10.6 Å². The molecular weight excluding hydrogens is 336 g/mol. The molecule has 0 aliphatic rings. The lowest BCUT2D eigenvalue weighted by atomic mass is 10.1. The van der Waals surface area contributed by atoms with Crippen LogP contribution in [0.25, 0.3) is 11.0 Å². The van der Waals surface area contributed by atoms with Gasteiger partial charge in [-0.15, -0.1) is 0 Å². The van der Waals surface area contributed by atoms with Crippen molar-refractivity contribution < 1.29 is 9.59 Å². The molecule has 2 aromatic carbocycles. The predicted molar refractivity (Wildman–Crippen MR) is 100 cm³/mol. The summed E-state index contributed by atoms with van der Waals surface area (Å²) in [5, 5.41) is 0.585. The molecule has 0 bridgehead atoms. The first kappa shape index (κ1) is 17.0. The number of aromatic amines is 1. The van der Waals surface area contributed by atoms with Gasteiger partial charge >= 0.3 is 0 Å². The number of carbonyl (C=O) groups excluding carboxylic acids is 2. The summed E-state index contributed by atoms with van der Waals surface area (Å²) in [5.74, 6) is -0.246. The molecule has 25 heavy (non-hydrogen) atoms. The number of H-pyrrole nitrogens is 1. The molecule has 1 aromatic heterocycles. The second-order valence-electron chi connectivity index (χ2n) is 5.76. The third-order valence-electron chi connectivity index (χ3n) is 3.80. The number of primary amides is 1. The highest BCUT2D eigenvalue weighted by molar-refractivity contribution is 7.99. The second-order valence-corrected chi connectivity index (χ2v) is 6.73. The van der Waals surface area contributed by atoms with Gasteiger partial charge in [0.25, 0.3) is 5.91 Å². The predicted octanol–water partition coefficient (Wildman–Crippen LogP) is 2.70. The van der Waals surface area contributed by atoms with Gasteiger partial charge in [0.05, 0.1) is 16.8 Å². The molecule has 7 heteroatoms. The number of nitrogens with two attached hydrogens (primary N) is 1. The molecule has 6 nitrogen and oxygen atoms in total. The summed E-state index contributed by atoms with van der Waals surface area (Å²) < 4.78 is 0. The lowest BCUT2D eigenvalue weighted by Crippen LogP contribution is -2.11. The van der Waals surface area contributed by atoms with E-state index < -0.39 is 5.91 Å². The summed E-state index contributed by atoms with van der Waals surface area (Å²) in [7, 11) is 3.91. The number of para-hydroxylation sites is 1. The summed E-state index contributed by atoms with van der Waals surface area (Å²) in [6, 6.07) is 12.7. The minimum absolute atomic E-state index is 0.0193. The molecule has 3 N–H and O–H groups in total. The number of imidazole rings is 1. The zero-order valence-electron chi connectivity index (χ0n) is 13.9. The normalized spacial score (nSPS) is 10.8. The molecule has 1 heterocycles. The van der Waals surface area contributed by atoms with Crippen LogP contribution in [0.4, 0.5) is 5.69 Å². The molecule has 0 unspecified atom stereocenters. The van der Waals surface area contributed by atoms with Gasteiger partial charge in [-0.1, -0.05) is 17.8 Å². The van der Waals surface area contributed by atoms with Crippen LogP contribution in [-0.2, 0) is 0 Å². The minimum atomic E-state index is -0.522. The number of hydrogen-bond acceptors (Lipinski definition) is 5. The maximum Gasteiger partial charge on any atom is 0.250 e. The van der Waals surface area contributed by atoms with Gasteiger partial charge in [-0.2, -0.15) is 0 Å². The van der Waals surface area contributed by atoms with Gasteiger partial charge in [0, 0.05) is 25.3 Å². The first-order chi connectivity index (χ1) is 12.0. The van der Waals surface area contributed by atoms with Gasteiger partial charge in [0.2, 0.25) is 0 Å². The highest BCUT2D eigenvalue weighted by Gasteiger charge is 2.13. The van der Waals surface area contributed by atoms with Crippen LogP contribution in [0, 0.1) is 0 Å². The molecule has 0 atom stereocenters. The quantitative estimate of drug-likeness (QED) is 0.524. The molecule has 3 aromatic rings. The van der Waals surface area contributed by atoms with Crippen LogP contribution in [0.1, 0.15) is 20.7 Å². The number of anilines is 1. The van der Waals surface area contributed by atoms with Crippen LogP contribution >= 0.6 is 11.8 Å². The maximum atomic E-state index is 12.3. The van der Waals surface area contributed by atoms with E-state index in [9.17, 15) is 9.59 Å². The Morgan fingerprint density at radius 2 is 1.88 bits per heavy atom. The number of hydrogen-bond donors (Lipinski definition) is 2.